The first-order valence-corrected chi connectivity index (χ1v) is 5.99. The van der Waals surface area contributed by atoms with Gasteiger partial charge in [0.1, 0.15) is 25.5 Å². The fraction of sp³-hybridized carbons (Fsp3) is 0.143. The number of aromatic nitrogens is 2. The molecule has 102 valence electrons. The van der Waals surface area contributed by atoms with Crippen molar-refractivity contribution in [3.05, 3.63) is 58.2 Å². The number of pyridine rings is 2. The van der Waals surface area contributed by atoms with Crippen LogP contribution in [-0.4, -0.2) is 46.0 Å². The zero-order valence-corrected chi connectivity index (χ0v) is 11.2. The predicted molar refractivity (Wildman–Crippen MR) is 76.9 cm³/mol. The Balaban J connectivity index is 2.41. The summed E-state index contributed by atoms with van der Waals surface area (Å²) in [5.74, 6) is 0. The molecule has 0 aliphatic carbocycles. The minimum Gasteiger partial charge on any atom is -0.624 e. The lowest BCUT2D eigenvalue weighted by molar-refractivity contribution is -0.417. The molecule has 20 heavy (non-hydrogen) atoms. The van der Waals surface area contributed by atoms with Crippen molar-refractivity contribution in [3.8, 4) is 11.4 Å². The highest BCUT2D eigenvalue weighted by Gasteiger charge is 2.04. The van der Waals surface area contributed by atoms with Gasteiger partial charge >= 0.3 is 0 Å². The Labute approximate surface area is 116 Å². The number of rotatable bonds is 3. The second-order valence-electron chi connectivity index (χ2n) is 4.25. The second-order valence-corrected chi connectivity index (χ2v) is 4.25. The van der Waals surface area contributed by atoms with Crippen molar-refractivity contribution < 1.29 is 9.48 Å². The quantitative estimate of drug-likeness (QED) is 0.364. The Bertz CT molecular complexity index is 613. The average Bonchev–Trinajstić information content (AvgIpc) is 2.38. The molecule has 0 bridgehead atoms. The maximum atomic E-state index is 11.0. The van der Waals surface area contributed by atoms with Crippen molar-refractivity contribution in [1.82, 2.24) is 9.97 Å². The second kappa shape index (κ2) is 5.92. The van der Waals surface area contributed by atoms with Gasteiger partial charge in [-0.15, -0.1) is 0 Å². The largest absolute Gasteiger partial charge is 0.624 e. The van der Waals surface area contributed by atoms with Crippen molar-refractivity contribution in [2.75, 3.05) is 14.1 Å². The molecule has 2 aromatic rings. The maximum absolute atomic E-state index is 11.0. The van der Waals surface area contributed by atoms with E-state index in [1.165, 1.54) is 26.5 Å². The third-order valence-corrected chi connectivity index (χ3v) is 2.43. The van der Waals surface area contributed by atoms with Crippen LogP contribution >= 0.6 is 0 Å². The predicted octanol–water partition coefficient (Wildman–Crippen LogP) is 1.26. The van der Waals surface area contributed by atoms with Crippen LogP contribution in [-0.2, 0) is 0 Å². The van der Waals surface area contributed by atoms with Gasteiger partial charge in [-0.1, -0.05) is 12.1 Å². The third-order valence-electron chi connectivity index (χ3n) is 2.43. The summed E-state index contributed by atoms with van der Waals surface area (Å²) in [6.07, 6.45) is 2.76. The van der Waals surface area contributed by atoms with Crippen LogP contribution in [0.25, 0.3) is 11.4 Å². The van der Waals surface area contributed by atoms with Crippen LogP contribution in [0.2, 0.25) is 0 Å². The Morgan fingerprint density at radius 1 is 0.800 bits per heavy atom. The van der Waals surface area contributed by atoms with Gasteiger partial charge in [-0.05, 0) is 24.3 Å². The standard InChI is InChI=1S/C14H14N4O2/c1-17(19)9-11-5-3-7-13(15-11)14-8-4-6-12(16-14)10-18(2)20/h3-10H,1-2H3. The first-order chi connectivity index (χ1) is 9.54. The highest BCUT2D eigenvalue weighted by atomic mass is 16.5. The van der Waals surface area contributed by atoms with Crippen LogP contribution in [0.1, 0.15) is 11.4 Å². The summed E-state index contributed by atoms with van der Waals surface area (Å²) >= 11 is 0. The van der Waals surface area contributed by atoms with Gasteiger partial charge in [-0.3, -0.25) is 0 Å². The minimum atomic E-state index is 0.553. The molecule has 0 atom stereocenters. The monoisotopic (exact) mass is 270 g/mol. The van der Waals surface area contributed by atoms with Crippen LogP contribution in [0, 0.1) is 10.4 Å². The molecule has 0 amide bonds. The van der Waals surface area contributed by atoms with E-state index < -0.39 is 0 Å². The number of nitrogens with zero attached hydrogens (tertiary/aromatic N) is 4. The summed E-state index contributed by atoms with van der Waals surface area (Å²) in [7, 11) is 2.79. The van der Waals surface area contributed by atoms with Crippen molar-refractivity contribution >= 4 is 12.4 Å². The lowest BCUT2D eigenvalue weighted by Crippen LogP contribution is -2.02. The van der Waals surface area contributed by atoms with Gasteiger partial charge in [0.15, 0.2) is 12.4 Å². The molecule has 0 aliphatic rings. The fourth-order valence-electron chi connectivity index (χ4n) is 1.70. The van der Waals surface area contributed by atoms with Crippen LogP contribution in [0.3, 0.4) is 0 Å². The maximum Gasteiger partial charge on any atom is 0.200 e. The molecule has 0 fully saturated rings. The molecular weight excluding hydrogens is 256 g/mol. The lowest BCUT2D eigenvalue weighted by atomic mass is 10.2. The molecule has 6 nitrogen and oxygen atoms in total. The number of hydroxylamine groups is 2. The molecule has 0 unspecified atom stereocenters. The molecule has 2 aromatic heterocycles. The Morgan fingerprint density at radius 2 is 1.20 bits per heavy atom. The van der Waals surface area contributed by atoms with Gasteiger partial charge < -0.3 is 10.4 Å². The molecular formula is C14H14N4O2. The molecule has 6 heteroatoms. The normalized spacial score (nSPS) is 12.5. The van der Waals surface area contributed by atoms with E-state index >= 15 is 0 Å². The molecule has 2 heterocycles. The van der Waals surface area contributed by atoms with Gasteiger partial charge in [0.2, 0.25) is 0 Å². The highest BCUT2D eigenvalue weighted by Crippen LogP contribution is 2.14. The van der Waals surface area contributed by atoms with Crippen molar-refractivity contribution in [2.45, 2.75) is 0 Å². The summed E-state index contributed by atoms with van der Waals surface area (Å²) in [4.78, 5) is 8.68. The van der Waals surface area contributed by atoms with E-state index in [4.69, 9.17) is 0 Å². The summed E-state index contributed by atoms with van der Waals surface area (Å²) in [6, 6.07) is 10.7. The van der Waals surface area contributed by atoms with Crippen molar-refractivity contribution in [1.29, 1.82) is 0 Å². The van der Waals surface area contributed by atoms with E-state index in [9.17, 15) is 10.4 Å². The van der Waals surface area contributed by atoms with E-state index in [-0.39, 0.29) is 0 Å². The highest BCUT2D eigenvalue weighted by molar-refractivity contribution is 5.76. The SMILES string of the molecule is C[N+]([O-])=Cc1cccc(-c2cccc(C=[N+](C)[O-])n2)n1. The summed E-state index contributed by atoms with van der Waals surface area (Å²) in [5.41, 5.74) is 2.39. The van der Waals surface area contributed by atoms with Crippen LogP contribution in [0.15, 0.2) is 36.4 Å². The minimum absolute atomic E-state index is 0.553. The van der Waals surface area contributed by atoms with E-state index in [1.54, 1.807) is 36.4 Å². The smallest absolute Gasteiger partial charge is 0.200 e. The molecule has 0 radical (unpaired) electrons. The van der Waals surface area contributed by atoms with Gasteiger partial charge in [0, 0.05) is 0 Å². The van der Waals surface area contributed by atoms with Gasteiger partial charge in [-0.2, -0.15) is 0 Å². The Morgan fingerprint density at radius 3 is 1.55 bits per heavy atom. The molecule has 2 rings (SSSR count). The van der Waals surface area contributed by atoms with Gasteiger partial charge in [-0.25, -0.2) is 19.4 Å². The molecule has 0 aliphatic heterocycles. The van der Waals surface area contributed by atoms with E-state index in [0.29, 0.717) is 32.3 Å². The average molecular weight is 270 g/mol. The zero-order valence-electron chi connectivity index (χ0n) is 11.2. The van der Waals surface area contributed by atoms with Gasteiger partial charge in [0.05, 0.1) is 11.4 Å². The van der Waals surface area contributed by atoms with Crippen LogP contribution < -0.4 is 0 Å². The van der Waals surface area contributed by atoms with E-state index in [2.05, 4.69) is 9.97 Å². The number of hydrogen-bond acceptors (Lipinski definition) is 4. The molecule has 0 spiro atoms. The molecule has 0 aromatic carbocycles. The van der Waals surface area contributed by atoms with Crippen molar-refractivity contribution in [2.24, 2.45) is 0 Å². The zero-order chi connectivity index (χ0) is 14.5. The third kappa shape index (κ3) is 3.61. The van der Waals surface area contributed by atoms with E-state index in [0.717, 1.165) is 0 Å². The summed E-state index contributed by atoms with van der Waals surface area (Å²) < 4.78 is 1.38. The first-order valence-electron chi connectivity index (χ1n) is 5.99. The topological polar surface area (TPSA) is 77.9 Å². The Hall–Kier alpha value is -2.76. The lowest BCUT2D eigenvalue weighted by Gasteiger charge is -2.02. The number of hydrogen-bond donors (Lipinski definition) is 0. The van der Waals surface area contributed by atoms with Gasteiger partial charge in [0.25, 0.3) is 0 Å². The van der Waals surface area contributed by atoms with E-state index in [1.807, 2.05) is 0 Å². The van der Waals surface area contributed by atoms with Crippen LogP contribution in [0.4, 0.5) is 0 Å². The van der Waals surface area contributed by atoms with Crippen LogP contribution in [0.5, 0.6) is 0 Å². The van der Waals surface area contributed by atoms with Crippen molar-refractivity contribution in [3.63, 3.8) is 0 Å². The Kier molecular flexibility index (Phi) is 4.05. The summed E-state index contributed by atoms with van der Waals surface area (Å²) in [5, 5.41) is 22.0. The molecule has 0 saturated carbocycles. The fourth-order valence-corrected chi connectivity index (χ4v) is 1.70. The molecule has 0 saturated heterocycles. The molecule has 0 N–H and O–H groups in total. The first kappa shape index (κ1) is 13.7. The summed E-state index contributed by atoms with van der Waals surface area (Å²) in [6.45, 7) is 0.